The van der Waals surface area contributed by atoms with Crippen LogP contribution in [0, 0.1) is 0 Å². The number of amides is 1. The standard InChI is InChI=1S/C13H25N3O2/c1-15-7-3-11(4-8-15)16(2)12(17)13(14)5-9-18-10-6-13/h11H,3-10,14H2,1-2H3. The van der Waals surface area contributed by atoms with Crippen LogP contribution in [0.5, 0.6) is 0 Å². The number of hydrogen-bond donors (Lipinski definition) is 1. The summed E-state index contributed by atoms with van der Waals surface area (Å²) >= 11 is 0. The number of rotatable bonds is 2. The highest BCUT2D eigenvalue weighted by molar-refractivity contribution is 5.86. The van der Waals surface area contributed by atoms with Gasteiger partial charge in [0.25, 0.3) is 0 Å². The SMILES string of the molecule is CN1CCC(N(C)C(=O)C2(N)CCOCC2)CC1. The van der Waals surface area contributed by atoms with Gasteiger partial charge in [-0.3, -0.25) is 4.79 Å². The summed E-state index contributed by atoms with van der Waals surface area (Å²) < 4.78 is 5.30. The van der Waals surface area contributed by atoms with E-state index in [1.54, 1.807) is 0 Å². The molecule has 104 valence electrons. The Morgan fingerprint density at radius 2 is 1.89 bits per heavy atom. The molecule has 2 aliphatic heterocycles. The first-order valence-corrected chi connectivity index (χ1v) is 6.85. The fourth-order valence-corrected chi connectivity index (χ4v) is 2.85. The van der Waals surface area contributed by atoms with Crippen molar-refractivity contribution in [3.63, 3.8) is 0 Å². The maximum absolute atomic E-state index is 12.5. The largest absolute Gasteiger partial charge is 0.381 e. The zero-order valence-electron chi connectivity index (χ0n) is 11.5. The van der Waals surface area contributed by atoms with Crippen LogP contribution in [-0.4, -0.2) is 67.7 Å². The Labute approximate surface area is 109 Å². The van der Waals surface area contributed by atoms with Gasteiger partial charge in [0.2, 0.25) is 5.91 Å². The molecule has 18 heavy (non-hydrogen) atoms. The normalized spacial score (nSPS) is 25.9. The molecule has 2 saturated heterocycles. The Morgan fingerprint density at radius 3 is 2.44 bits per heavy atom. The van der Waals surface area contributed by atoms with Crippen LogP contribution < -0.4 is 5.73 Å². The van der Waals surface area contributed by atoms with E-state index >= 15 is 0 Å². The quantitative estimate of drug-likeness (QED) is 0.757. The number of likely N-dealkylation sites (tertiary alicyclic amines) is 1. The van der Waals surface area contributed by atoms with Crippen LogP contribution in [0.25, 0.3) is 0 Å². The van der Waals surface area contributed by atoms with Gasteiger partial charge in [0.1, 0.15) is 0 Å². The van der Waals surface area contributed by atoms with Crippen LogP contribution in [0.4, 0.5) is 0 Å². The van der Waals surface area contributed by atoms with Gasteiger partial charge in [-0.1, -0.05) is 0 Å². The third-order valence-electron chi connectivity index (χ3n) is 4.37. The van der Waals surface area contributed by atoms with Gasteiger partial charge in [-0.05, 0) is 45.8 Å². The van der Waals surface area contributed by atoms with Gasteiger partial charge in [-0.2, -0.15) is 0 Å². The molecule has 0 aromatic heterocycles. The van der Waals surface area contributed by atoms with Gasteiger partial charge in [0, 0.05) is 26.3 Å². The van der Waals surface area contributed by atoms with Crippen molar-refractivity contribution in [2.45, 2.75) is 37.3 Å². The summed E-state index contributed by atoms with van der Waals surface area (Å²) in [4.78, 5) is 16.7. The molecule has 0 radical (unpaired) electrons. The molecule has 2 heterocycles. The van der Waals surface area contributed by atoms with Crippen molar-refractivity contribution in [1.29, 1.82) is 0 Å². The van der Waals surface area contributed by atoms with Gasteiger partial charge < -0.3 is 20.3 Å². The predicted molar refractivity (Wildman–Crippen MR) is 70.3 cm³/mol. The summed E-state index contributed by atoms with van der Waals surface area (Å²) in [5.41, 5.74) is 5.56. The second-order valence-electron chi connectivity index (χ2n) is 5.72. The summed E-state index contributed by atoms with van der Waals surface area (Å²) in [5, 5.41) is 0. The molecule has 0 spiro atoms. The van der Waals surface area contributed by atoms with Crippen molar-refractivity contribution in [3.8, 4) is 0 Å². The van der Waals surface area contributed by atoms with Crippen LogP contribution in [-0.2, 0) is 9.53 Å². The van der Waals surface area contributed by atoms with Gasteiger partial charge in [0.05, 0.1) is 5.54 Å². The third-order valence-corrected chi connectivity index (χ3v) is 4.37. The molecule has 1 amide bonds. The average molecular weight is 255 g/mol. The molecule has 0 aromatic carbocycles. The Hall–Kier alpha value is -0.650. The van der Waals surface area contributed by atoms with Crippen molar-refractivity contribution in [2.24, 2.45) is 5.73 Å². The third kappa shape index (κ3) is 2.84. The molecule has 2 N–H and O–H groups in total. The Morgan fingerprint density at radius 1 is 1.33 bits per heavy atom. The lowest BCUT2D eigenvalue weighted by atomic mass is 9.88. The minimum Gasteiger partial charge on any atom is -0.381 e. The van der Waals surface area contributed by atoms with Crippen molar-refractivity contribution < 1.29 is 9.53 Å². The number of carbonyl (C=O) groups excluding carboxylic acids is 1. The van der Waals surface area contributed by atoms with Crippen molar-refractivity contribution in [1.82, 2.24) is 9.80 Å². The smallest absolute Gasteiger partial charge is 0.242 e. The minimum atomic E-state index is -0.698. The fraction of sp³-hybridized carbons (Fsp3) is 0.923. The molecule has 2 fully saturated rings. The summed E-state index contributed by atoms with van der Waals surface area (Å²) in [6, 6.07) is 0.344. The monoisotopic (exact) mass is 255 g/mol. The summed E-state index contributed by atoms with van der Waals surface area (Å²) in [6.45, 7) is 3.32. The Kier molecular flexibility index (Phi) is 4.25. The van der Waals surface area contributed by atoms with Gasteiger partial charge in [-0.25, -0.2) is 0 Å². The van der Waals surface area contributed by atoms with E-state index in [1.807, 2.05) is 11.9 Å². The summed E-state index contributed by atoms with van der Waals surface area (Å²) in [7, 11) is 4.03. The van der Waals surface area contributed by atoms with Crippen molar-refractivity contribution in [2.75, 3.05) is 40.4 Å². The molecule has 5 nitrogen and oxygen atoms in total. The number of piperidine rings is 1. The van der Waals surface area contributed by atoms with Gasteiger partial charge >= 0.3 is 0 Å². The molecular formula is C13H25N3O2. The molecule has 0 aromatic rings. The molecule has 0 atom stereocenters. The number of nitrogens with two attached hydrogens (primary N) is 1. The molecule has 2 rings (SSSR count). The van der Waals surface area contributed by atoms with E-state index in [1.165, 1.54) is 0 Å². The highest BCUT2D eigenvalue weighted by Crippen LogP contribution is 2.23. The minimum absolute atomic E-state index is 0.0975. The first kappa shape index (κ1) is 13.8. The molecule has 0 unspecified atom stereocenters. The lowest BCUT2D eigenvalue weighted by Crippen LogP contribution is -2.59. The van der Waals surface area contributed by atoms with Crippen LogP contribution in [0.1, 0.15) is 25.7 Å². The predicted octanol–water partition coefficient (Wildman–Crippen LogP) is 0.0469. The lowest BCUT2D eigenvalue weighted by Gasteiger charge is -2.41. The Balaban J connectivity index is 1.95. The number of hydrogen-bond acceptors (Lipinski definition) is 4. The van der Waals surface area contributed by atoms with Crippen LogP contribution in [0.2, 0.25) is 0 Å². The van der Waals surface area contributed by atoms with Crippen LogP contribution in [0.3, 0.4) is 0 Å². The first-order valence-electron chi connectivity index (χ1n) is 6.85. The van der Waals surface area contributed by atoms with Crippen molar-refractivity contribution in [3.05, 3.63) is 0 Å². The van der Waals surface area contributed by atoms with E-state index in [9.17, 15) is 4.79 Å². The molecular weight excluding hydrogens is 230 g/mol. The average Bonchev–Trinajstić information content (AvgIpc) is 2.39. The maximum Gasteiger partial charge on any atom is 0.242 e. The molecule has 2 aliphatic rings. The highest BCUT2D eigenvalue weighted by Gasteiger charge is 2.39. The van der Waals surface area contributed by atoms with Crippen LogP contribution in [0.15, 0.2) is 0 Å². The number of ether oxygens (including phenoxy) is 1. The summed E-state index contributed by atoms with van der Waals surface area (Å²) in [6.07, 6.45) is 3.38. The number of nitrogens with zero attached hydrogens (tertiary/aromatic N) is 2. The second kappa shape index (κ2) is 5.55. The molecule has 5 heteroatoms. The second-order valence-corrected chi connectivity index (χ2v) is 5.72. The zero-order chi connectivity index (χ0) is 13.2. The van der Waals surface area contributed by atoms with E-state index in [-0.39, 0.29) is 5.91 Å². The number of likely N-dealkylation sites (N-methyl/N-ethyl adjacent to an activating group) is 1. The van der Waals surface area contributed by atoms with E-state index < -0.39 is 5.54 Å². The number of carbonyl (C=O) groups is 1. The van der Waals surface area contributed by atoms with E-state index in [0.29, 0.717) is 32.1 Å². The van der Waals surface area contributed by atoms with Gasteiger partial charge in [-0.15, -0.1) is 0 Å². The maximum atomic E-state index is 12.5. The lowest BCUT2D eigenvalue weighted by molar-refractivity contribution is -0.142. The first-order chi connectivity index (χ1) is 8.53. The summed E-state index contributed by atoms with van der Waals surface area (Å²) in [5.74, 6) is 0.0975. The molecule has 0 saturated carbocycles. The molecule has 0 aliphatic carbocycles. The highest BCUT2D eigenvalue weighted by atomic mass is 16.5. The van der Waals surface area contributed by atoms with Crippen LogP contribution >= 0.6 is 0 Å². The topological polar surface area (TPSA) is 58.8 Å². The Bertz CT molecular complexity index is 295. The van der Waals surface area contributed by atoms with E-state index in [2.05, 4.69) is 11.9 Å². The van der Waals surface area contributed by atoms with E-state index in [0.717, 1.165) is 25.9 Å². The molecule has 0 bridgehead atoms. The van der Waals surface area contributed by atoms with E-state index in [4.69, 9.17) is 10.5 Å². The zero-order valence-corrected chi connectivity index (χ0v) is 11.5. The fourth-order valence-electron chi connectivity index (χ4n) is 2.85. The van der Waals surface area contributed by atoms with Crippen molar-refractivity contribution >= 4 is 5.91 Å². The van der Waals surface area contributed by atoms with Gasteiger partial charge in [0.15, 0.2) is 0 Å².